The lowest BCUT2D eigenvalue weighted by atomic mass is 9.73. The van der Waals surface area contributed by atoms with Gasteiger partial charge in [0.25, 0.3) is 0 Å². The van der Waals surface area contributed by atoms with E-state index in [4.69, 9.17) is 11.6 Å². The molecule has 0 radical (unpaired) electrons. The number of fused-ring (bicyclic) bond motifs is 1. The molecule has 0 saturated heterocycles. The fourth-order valence-electron chi connectivity index (χ4n) is 2.09. The van der Waals surface area contributed by atoms with Gasteiger partial charge in [-0.1, -0.05) is 45.4 Å². The topological polar surface area (TPSA) is 12.9 Å². The molecule has 1 aromatic heterocycles. The molecule has 1 nitrogen and oxygen atoms in total. The van der Waals surface area contributed by atoms with Crippen molar-refractivity contribution in [2.45, 2.75) is 34.1 Å². The molecular formula is C14H18ClN. The summed E-state index contributed by atoms with van der Waals surface area (Å²) >= 11 is 6.03. The van der Waals surface area contributed by atoms with Crippen molar-refractivity contribution >= 4 is 17.2 Å². The zero-order chi connectivity index (χ0) is 11.9. The van der Waals surface area contributed by atoms with Crippen molar-refractivity contribution in [2.24, 2.45) is 11.3 Å². The smallest absolute Gasteiger partial charge is 0.0595 e. The van der Waals surface area contributed by atoms with Crippen molar-refractivity contribution in [3.63, 3.8) is 0 Å². The van der Waals surface area contributed by atoms with Crippen LogP contribution in [0.15, 0.2) is 18.3 Å². The molecule has 0 N–H and O–H groups in total. The van der Waals surface area contributed by atoms with E-state index in [0.717, 1.165) is 17.1 Å². The van der Waals surface area contributed by atoms with Gasteiger partial charge in [0.05, 0.1) is 10.7 Å². The summed E-state index contributed by atoms with van der Waals surface area (Å²) in [5.41, 5.74) is 3.98. The van der Waals surface area contributed by atoms with Crippen molar-refractivity contribution in [1.29, 1.82) is 0 Å². The van der Waals surface area contributed by atoms with E-state index in [2.05, 4.69) is 38.8 Å². The number of rotatable bonds is 2. The van der Waals surface area contributed by atoms with Gasteiger partial charge in [-0.05, 0) is 23.0 Å². The van der Waals surface area contributed by atoms with Crippen LogP contribution in [0.25, 0.3) is 5.57 Å². The monoisotopic (exact) mass is 235 g/mol. The molecule has 1 heterocycles. The third-order valence-corrected chi connectivity index (χ3v) is 4.07. The van der Waals surface area contributed by atoms with Gasteiger partial charge in [0, 0.05) is 18.2 Å². The average Bonchev–Trinajstić information content (AvgIpc) is 2.60. The van der Waals surface area contributed by atoms with E-state index < -0.39 is 0 Å². The minimum Gasteiger partial charge on any atom is -0.259 e. The second-order valence-electron chi connectivity index (χ2n) is 5.35. The van der Waals surface area contributed by atoms with Crippen LogP contribution in [0, 0.1) is 11.3 Å². The van der Waals surface area contributed by atoms with Crippen molar-refractivity contribution in [3.8, 4) is 0 Å². The normalized spacial score (nSPS) is 15.2. The Morgan fingerprint density at radius 2 is 2.06 bits per heavy atom. The van der Waals surface area contributed by atoms with E-state index in [0.29, 0.717) is 5.92 Å². The SMILES string of the molecule is CC(C)C(C)(C)C1=CCc2ncc(Cl)cc21. The molecule has 2 heteroatoms. The van der Waals surface area contributed by atoms with Gasteiger partial charge >= 0.3 is 0 Å². The molecule has 16 heavy (non-hydrogen) atoms. The predicted molar refractivity (Wildman–Crippen MR) is 69.5 cm³/mol. The second-order valence-corrected chi connectivity index (χ2v) is 5.78. The maximum absolute atomic E-state index is 6.03. The van der Waals surface area contributed by atoms with Gasteiger partial charge in [0.2, 0.25) is 0 Å². The standard InChI is InChI=1S/C14H18ClN/c1-9(2)14(3,4)12-5-6-13-11(12)7-10(15)8-16-13/h5,7-9H,6H2,1-4H3. The highest BCUT2D eigenvalue weighted by Crippen LogP contribution is 2.44. The van der Waals surface area contributed by atoms with Crippen LogP contribution in [0.3, 0.4) is 0 Å². The van der Waals surface area contributed by atoms with Gasteiger partial charge in [0.1, 0.15) is 0 Å². The van der Waals surface area contributed by atoms with Crippen LogP contribution in [-0.4, -0.2) is 4.98 Å². The number of nitrogens with zero attached hydrogens (tertiary/aromatic N) is 1. The van der Waals surface area contributed by atoms with Gasteiger partial charge in [-0.2, -0.15) is 0 Å². The van der Waals surface area contributed by atoms with Gasteiger partial charge in [-0.15, -0.1) is 0 Å². The minimum atomic E-state index is 0.178. The van der Waals surface area contributed by atoms with Crippen LogP contribution in [0.2, 0.25) is 5.02 Å². The van der Waals surface area contributed by atoms with Gasteiger partial charge < -0.3 is 0 Å². The third-order valence-electron chi connectivity index (χ3n) is 3.86. The van der Waals surface area contributed by atoms with Crippen LogP contribution >= 0.6 is 11.6 Å². The van der Waals surface area contributed by atoms with Crippen molar-refractivity contribution in [2.75, 3.05) is 0 Å². The lowest BCUT2D eigenvalue weighted by Crippen LogP contribution is -2.20. The number of pyridine rings is 1. The summed E-state index contributed by atoms with van der Waals surface area (Å²) in [5, 5.41) is 0.728. The quantitative estimate of drug-likeness (QED) is 0.743. The first kappa shape index (κ1) is 11.7. The lowest BCUT2D eigenvalue weighted by molar-refractivity contribution is 0.349. The average molecular weight is 236 g/mol. The van der Waals surface area contributed by atoms with E-state index in [1.54, 1.807) is 6.20 Å². The number of allylic oxidation sites excluding steroid dienone is 2. The minimum absolute atomic E-state index is 0.178. The Labute approximate surface area is 103 Å². The Kier molecular flexibility index (Phi) is 2.83. The molecule has 86 valence electrons. The molecule has 0 aliphatic heterocycles. The number of hydrogen-bond donors (Lipinski definition) is 0. The van der Waals surface area contributed by atoms with Crippen molar-refractivity contribution in [1.82, 2.24) is 4.98 Å². The first-order valence-corrected chi connectivity index (χ1v) is 6.16. The molecule has 0 fully saturated rings. The highest BCUT2D eigenvalue weighted by molar-refractivity contribution is 6.30. The lowest BCUT2D eigenvalue weighted by Gasteiger charge is -2.31. The number of halogens is 1. The Bertz CT molecular complexity index is 444. The largest absolute Gasteiger partial charge is 0.259 e. The van der Waals surface area contributed by atoms with E-state index >= 15 is 0 Å². The molecular weight excluding hydrogens is 218 g/mol. The molecule has 0 amide bonds. The highest BCUT2D eigenvalue weighted by atomic mass is 35.5. The third kappa shape index (κ3) is 1.78. The fraction of sp³-hybridized carbons (Fsp3) is 0.500. The molecule has 2 rings (SSSR count). The summed E-state index contributed by atoms with van der Waals surface area (Å²) in [4.78, 5) is 4.40. The van der Waals surface area contributed by atoms with Gasteiger partial charge in [-0.25, -0.2) is 0 Å². The summed E-state index contributed by atoms with van der Waals surface area (Å²) in [6.07, 6.45) is 4.98. The highest BCUT2D eigenvalue weighted by Gasteiger charge is 2.32. The van der Waals surface area contributed by atoms with Crippen molar-refractivity contribution in [3.05, 3.63) is 34.6 Å². The Hall–Kier alpha value is -0.820. The molecule has 0 saturated carbocycles. The molecule has 1 aliphatic rings. The molecule has 0 atom stereocenters. The maximum Gasteiger partial charge on any atom is 0.0595 e. The summed E-state index contributed by atoms with van der Waals surface area (Å²) in [6.45, 7) is 9.10. The van der Waals surface area contributed by atoms with Crippen molar-refractivity contribution < 1.29 is 0 Å². The van der Waals surface area contributed by atoms with E-state index in [1.165, 1.54) is 11.1 Å². The van der Waals surface area contributed by atoms with Crippen LogP contribution in [0.1, 0.15) is 39.0 Å². The van der Waals surface area contributed by atoms with Crippen LogP contribution < -0.4 is 0 Å². The number of hydrogen-bond acceptors (Lipinski definition) is 1. The second kappa shape index (κ2) is 3.89. The maximum atomic E-state index is 6.03. The number of aromatic nitrogens is 1. The Morgan fingerprint density at radius 1 is 1.38 bits per heavy atom. The Morgan fingerprint density at radius 3 is 2.69 bits per heavy atom. The molecule has 1 aromatic rings. The molecule has 0 aromatic carbocycles. The summed E-state index contributed by atoms with van der Waals surface area (Å²) in [7, 11) is 0. The van der Waals surface area contributed by atoms with E-state index in [-0.39, 0.29) is 5.41 Å². The first-order valence-electron chi connectivity index (χ1n) is 5.78. The molecule has 0 spiro atoms. The van der Waals surface area contributed by atoms with Gasteiger partial charge in [-0.3, -0.25) is 4.98 Å². The Balaban J connectivity index is 2.46. The summed E-state index contributed by atoms with van der Waals surface area (Å²) < 4.78 is 0. The van der Waals surface area contributed by atoms with E-state index in [9.17, 15) is 0 Å². The first-order chi connectivity index (χ1) is 7.43. The molecule has 1 aliphatic carbocycles. The molecule has 0 unspecified atom stereocenters. The zero-order valence-corrected chi connectivity index (χ0v) is 11.1. The van der Waals surface area contributed by atoms with Crippen LogP contribution in [-0.2, 0) is 6.42 Å². The van der Waals surface area contributed by atoms with E-state index in [1.807, 2.05) is 6.07 Å². The summed E-state index contributed by atoms with van der Waals surface area (Å²) in [5.74, 6) is 0.601. The van der Waals surface area contributed by atoms with Gasteiger partial charge in [0.15, 0.2) is 0 Å². The molecule has 0 bridgehead atoms. The zero-order valence-electron chi connectivity index (χ0n) is 10.3. The summed E-state index contributed by atoms with van der Waals surface area (Å²) in [6, 6.07) is 2.05. The van der Waals surface area contributed by atoms with Crippen LogP contribution in [0.4, 0.5) is 0 Å². The fourth-order valence-corrected chi connectivity index (χ4v) is 2.25. The predicted octanol–water partition coefficient (Wildman–Crippen LogP) is 4.36. The van der Waals surface area contributed by atoms with Crippen LogP contribution in [0.5, 0.6) is 0 Å².